The zero-order valence-electron chi connectivity index (χ0n) is 8.44. The molecular formula is C10H14ClNO3. The molecule has 1 aromatic carbocycles. The summed E-state index contributed by atoms with van der Waals surface area (Å²) in [6.45, 7) is 2.07. The molecule has 1 unspecified atom stereocenters. The van der Waals surface area contributed by atoms with Crippen LogP contribution in [0.15, 0.2) is 18.2 Å². The number of hydrogen-bond acceptors (Lipinski definition) is 4. The van der Waals surface area contributed by atoms with E-state index in [1.165, 1.54) is 0 Å². The molecule has 0 saturated heterocycles. The van der Waals surface area contributed by atoms with Gasteiger partial charge in [0, 0.05) is 5.02 Å². The third-order valence-corrected chi connectivity index (χ3v) is 2.09. The van der Waals surface area contributed by atoms with Crippen molar-refractivity contribution >= 4 is 11.6 Å². The first-order chi connectivity index (χ1) is 7.13. The molecule has 0 fully saturated rings. The van der Waals surface area contributed by atoms with Crippen molar-refractivity contribution in [1.82, 2.24) is 0 Å². The van der Waals surface area contributed by atoms with Crippen LogP contribution in [0.25, 0.3) is 0 Å². The Balaban J connectivity index is 2.50. The van der Waals surface area contributed by atoms with Crippen molar-refractivity contribution in [2.75, 3.05) is 13.2 Å². The number of halogens is 1. The monoisotopic (exact) mass is 231 g/mol. The quantitative estimate of drug-likeness (QED) is 0.750. The molecule has 0 aliphatic carbocycles. The molecule has 15 heavy (non-hydrogen) atoms. The van der Waals surface area contributed by atoms with Crippen molar-refractivity contribution in [1.29, 1.82) is 0 Å². The Labute approximate surface area is 93.5 Å². The van der Waals surface area contributed by atoms with E-state index in [4.69, 9.17) is 22.2 Å². The molecule has 0 radical (unpaired) electrons. The molecule has 84 valence electrons. The van der Waals surface area contributed by atoms with E-state index in [9.17, 15) is 5.11 Å². The molecule has 1 aromatic rings. The minimum atomic E-state index is -0.731. The molecule has 4 nitrogen and oxygen atoms in total. The molecule has 0 heterocycles. The average Bonchev–Trinajstić information content (AvgIpc) is 2.17. The Morgan fingerprint density at radius 3 is 2.80 bits per heavy atom. The van der Waals surface area contributed by atoms with Gasteiger partial charge in [-0.25, -0.2) is 5.90 Å². The zero-order chi connectivity index (χ0) is 11.3. The first-order valence-electron chi connectivity index (χ1n) is 4.52. The maximum absolute atomic E-state index is 9.30. The maximum Gasteiger partial charge on any atom is 0.122 e. The topological polar surface area (TPSA) is 64.7 Å². The minimum absolute atomic E-state index is 0.0483. The molecular weight excluding hydrogens is 218 g/mol. The van der Waals surface area contributed by atoms with Crippen LogP contribution in [-0.2, 0) is 4.84 Å². The zero-order valence-corrected chi connectivity index (χ0v) is 9.20. The predicted octanol–water partition coefficient (Wildman–Crippen LogP) is 1.28. The van der Waals surface area contributed by atoms with E-state index in [1.54, 1.807) is 18.2 Å². The number of ether oxygens (including phenoxy) is 1. The molecule has 5 heteroatoms. The highest BCUT2D eigenvalue weighted by molar-refractivity contribution is 6.30. The third-order valence-electron chi connectivity index (χ3n) is 1.86. The SMILES string of the molecule is Cc1cc(Cl)ccc1OCC(O)CON. The lowest BCUT2D eigenvalue weighted by Gasteiger charge is -2.12. The number of aliphatic hydroxyl groups excluding tert-OH is 1. The Morgan fingerprint density at radius 2 is 2.20 bits per heavy atom. The first-order valence-corrected chi connectivity index (χ1v) is 4.90. The standard InChI is InChI=1S/C10H14ClNO3/c1-7-4-8(11)2-3-10(7)14-5-9(13)6-15-12/h2-4,9,13H,5-6,12H2,1H3. The number of aliphatic hydroxyl groups is 1. The van der Waals surface area contributed by atoms with E-state index < -0.39 is 6.10 Å². The van der Waals surface area contributed by atoms with Crippen molar-refractivity contribution < 1.29 is 14.7 Å². The van der Waals surface area contributed by atoms with Gasteiger partial charge in [0.15, 0.2) is 0 Å². The number of nitrogens with two attached hydrogens (primary N) is 1. The van der Waals surface area contributed by atoms with Gasteiger partial charge in [-0.05, 0) is 30.7 Å². The van der Waals surface area contributed by atoms with E-state index in [0.29, 0.717) is 10.8 Å². The number of benzene rings is 1. The molecule has 0 spiro atoms. The third kappa shape index (κ3) is 4.05. The molecule has 0 saturated carbocycles. The lowest BCUT2D eigenvalue weighted by molar-refractivity contribution is 0.0115. The summed E-state index contributed by atoms with van der Waals surface area (Å²) in [7, 11) is 0. The second-order valence-electron chi connectivity index (χ2n) is 3.21. The van der Waals surface area contributed by atoms with E-state index in [1.807, 2.05) is 6.92 Å². The first kappa shape index (κ1) is 12.3. The number of rotatable bonds is 5. The van der Waals surface area contributed by atoms with Crippen LogP contribution in [0.4, 0.5) is 0 Å². The van der Waals surface area contributed by atoms with Crippen LogP contribution in [0.3, 0.4) is 0 Å². The fraction of sp³-hybridized carbons (Fsp3) is 0.400. The molecule has 3 N–H and O–H groups in total. The van der Waals surface area contributed by atoms with Gasteiger partial charge in [0.1, 0.15) is 18.5 Å². The van der Waals surface area contributed by atoms with Crippen molar-refractivity contribution in [3.8, 4) is 5.75 Å². The Morgan fingerprint density at radius 1 is 1.47 bits per heavy atom. The maximum atomic E-state index is 9.30. The van der Waals surface area contributed by atoms with Crippen LogP contribution in [-0.4, -0.2) is 24.4 Å². The normalized spacial score (nSPS) is 12.5. The van der Waals surface area contributed by atoms with E-state index >= 15 is 0 Å². The van der Waals surface area contributed by atoms with Crippen LogP contribution < -0.4 is 10.6 Å². The number of aryl methyl sites for hydroxylation is 1. The molecule has 0 amide bonds. The Bertz CT molecular complexity index is 320. The minimum Gasteiger partial charge on any atom is -0.491 e. The molecule has 0 bridgehead atoms. The Kier molecular flexibility index (Phi) is 4.84. The fourth-order valence-corrected chi connectivity index (χ4v) is 1.35. The van der Waals surface area contributed by atoms with Gasteiger partial charge < -0.3 is 14.7 Å². The van der Waals surface area contributed by atoms with Crippen LogP contribution in [0.5, 0.6) is 5.75 Å². The summed E-state index contributed by atoms with van der Waals surface area (Å²) in [5.41, 5.74) is 0.920. The second kappa shape index (κ2) is 5.92. The van der Waals surface area contributed by atoms with Crippen molar-refractivity contribution in [3.63, 3.8) is 0 Å². The van der Waals surface area contributed by atoms with Gasteiger partial charge in [-0.15, -0.1) is 0 Å². The second-order valence-corrected chi connectivity index (χ2v) is 3.64. The van der Waals surface area contributed by atoms with Gasteiger partial charge in [-0.3, -0.25) is 0 Å². The lowest BCUT2D eigenvalue weighted by Crippen LogP contribution is -2.25. The van der Waals surface area contributed by atoms with Crippen molar-refractivity contribution in [2.45, 2.75) is 13.0 Å². The molecule has 1 rings (SSSR count). The molecule has 0 aliphatic rings. The van der Waals surface area contributed by atoms with Crippen molar-refractivity contribution in [2.24, 2.45) is 5.90 Å². The van der Waals surface area contributed by atoms with Crippen LogP contribution in [0, 0.1) is 6.92 Å². The van der Waals surface area contributed by atoms with Crippen LogP contribution in [0.2, 0.25) is 5.02 Å². The summed E-state index contributed by atoms with van der Waals surface area (Å²) >= 11 is 5.79. The molecule has 0 aromatic heterocycles. The average molecular weight is 232 g/mol. The van der Waals surface area contributed by atoms with Gasteiger partial charge in [-0.2, -0.15) is 0 Å². The van der Waals surface area contributed by atoms with E-state index in [0.717, 1.165) is 5.56 Å². The summed E-state index contributed by atoms with van der Waals surface area (Å²) in [5, 5.41) is 9.96. The van der Waals surface area contributed by atoms with Gasteiger partial charge in [0.2, 0.25) is 0 Å². The highest BCUT2D eigenvalue weighted by atomic mass is 35.5. The van der Waals surface area contributed by atoms with E-state index in [2.05, 4.69) is 4.84 Å². The van der Waals surface area contributed by atoms with Crippen LogP contribution in [0.1, 0.15) is 5.56 Å². The molecule has 0 aliphatic heterocycles. The van der Waals surface area contributed by atoms with Gasteiger partial charge in [0.05, 0.1) is 6.61 Å². The van der Waals surface area contributed by atoms with Gasteiger partial charge >= 0.3 is 0 Å². The van der Waals surface area contributed by atoms with Gasteiger partial charge in [-0.1, -0.05) is 11.6 Å². The smallest absolute Gasteiger partial charge is 0.122 e. The highest BCUT2D eigenvalue weighted by Gasteiger charge is 2.06. The highest BCUT2D eigenvalue weighted by Crippen LogP contribution is 2.21. The van der Waals surface area contributed by atoms with E-state index in [-0.39, 0.29) is 13.2 Å². The number of hydrogen-bond donors (Lipinski definition) is 2. The summed E-state index contributed by atoms with van der Waals surface area (Å²) in [5.74, 6) is 5.51. The van der Waals surface area contributed by atoms with Crippen molar-refractivity contribution in [3.05, 3.63) is 28.8 Å². The summed E-state index contributed by atoms with van der Waals surface area (Å²) in [4.78, 5) is 4.29. The summed E-state index contributed by atoms with van der Waals surface area (Å²) < 4.78 is 5.36. The lowest BCUT2D eigenvalue weighted by atomic mass is 10.2. The largest absolute Gasteiger partial charge is 0.491 e. The summed E-state index contributed by atoms with van der Waals surface area (Å²) in [6, 6.07) is 5.28. The predicted molar refractivity (Wildman–Crippen MR) is 57.8 cm³/mol. The molecule has 1 atom stereocenters. The Hall–Kier alpha value is -0.810. The van der Waals surface area contributed by atoms with Gasteiger partial charge in [0.25, 0.3) is 0 Å². The summed E-state index contributed by atoms with van der Waals surface area (Å²) in [6.07, 6.45) is -0.731. The fourth-order valence-electron chi connectivity index (χ4n) is 1.12. The van der Waals surface area contributed by atoms with Crippen LogP contribution >= 0.6 is 11.6 Å².